The third-order valence-corrected chi connectivity index (χ3v) is 3.51. The second-order valence-electron chi connectivity index (χ2n) is 5.48. The second kappa shape index (κ2) is 8.93. The number of benzene rings is 1. The highest BCUT2D eigenvalue weighted by Gasteiger charge is 2.11. The van der Waals surface area contributed by atoms with Crippen LogP contribution in [-0.2, 0) is 0 Å². The van der Waals surface area contributed by atoms with E-state index in [4.69, 9.17) is 0 Å². The van der Waals surface area contributed by atoms with Crippen molar-refractivity contribution in [2.24, 2.45) is 5.92 Å². The van der Waals surface area contributed by atoms with Gasteiger partial charge in [0.2, 0.25) is 0 Å². The Morgan fingerprint density at radius 2 is 1.91 bits per heavy atom. The number of allylic oxidation sites excluding steroid dienone is 6. The standard InChI is InChI=1S/C20H27NO/c1-6-8-9-13-21-18-12-10-11-17(14-18)16(5)20(22)19(7-2)15(3)4/h6-15,21-22H,1-5H3/b8-6-,13-9-,19-7-,20-16-. The van der Waals surface area contributed by atoms with Crippen molar-refractivity contribution < 1.29 is 5.11 Å². The third-order valence-electron chi connectivity index (χ3n) is 3.51. The Balaban J connectivity index is 3.06. The lowest BCUT2D eigenvalue weighted by atomic mass is 9.95. The summed E-state index contributed by atoms with van der Waals surface area (Å²) >= 11 is 0. The van der Waals surface area contributed by atoms with Crippen LogP contribution in [0.1, 0.15) is 40.2 Å². The van der Waals surface area contributed by atoms with Crippen LogP contribution in [0, 0.1) is 5.92 Å². The molecule has 0 atom stereocenters. The number of hydrogen-bond acceptors (Lipinski definition) is 2. The summed E-state index contributed by atoms with van der Waals surface area (Å²) in [6.07, 6.45) is 9.76. The number of aliphatic hydroxyl groups excluding tert-OH is 1. The van der Waals surface area contributed by atoms with E-state index in [0.29, 0.717) is 11.7 Å². The van der Waals surface area contributed by atoms with Crippen molar-refractivity contribution >= 4 is 11.3 Å². The van der Waals surface area contributed by atoms with Gasteiger partial charge in [-0.05, 0) is 61.6 Å². The lowest BCUT2D eigenvalue weighted by molar-refractivity contribution is 0.413. The van der Waals surface area contributed by atoms with Crippen LogP contribution >= 0.6 is 0 Å². The lowest BCUT2D eigenvalue weighted by Gasteiger charge is -2.14. The Bertz CT molecular complexity index is 604. The van der Waals surface area contributed by atoms with Crippen molar-refractivity contribution in [3.8, 4) is 0 Å². The molecule has 1 aromatic carbocycles. The minimum absolute atomic E-state index is 0.296. The highest BCUT2D eigenvalue weighted by atomic mass is 16.3. The molecular formula is C20H27NO. The summed E-state index contributed by atoms with van der Waals surface area (Å²) in [5.41, 5.74) is 3.88. The van der Waals surface area contributed by atoms with Crippen LogP contribution in [-0.4, -0.2) is 5.11 Å². The van der Waals surface area contributed by atoms with Crippen molar-refractivity contribution in [1.82, 2.24) is 0 Å². The summed E-state index contributed by atoms with van der Waals surface area (Å²) in [6, 6.07) is 8.05. The van der Waals surface area contributed by atoms with E-state index in [1.165, 1.54) is 0 Å². The van der Waals surface area contributed by atoms with Gasteiger partial charge in [-0.2, -0.15) is 0 Å². The van der Waals surface area contributed by atoms with Crippen LogP contribution in [0.2, 0.25) is 0 Å². The largest absolute Gasteiger partial charge is 0.507 e. The molecule has 0 heterocycles. The molecule has 1 rings (SSSR count). The monoisotopic (exact) mass is 297 g/mol. The molecule has 0 saturated carbocycles. The minimum atomic E-state index is 0.296. The Kier molecular flexibility index (Phi) is 7.24. The summed E-state index contributed by atoms with van der Waals surface area (Å²) in [5, 5.41) is 13.7. The maximum atomic E-state index is 10.5. The lowest BCUT2D eigenvalue weighted by Crippen LogP contribution is -2.00. The van der Waals surface area contributed by atoms with Crippen LogP contribution in [0.4, 0.5) is 5.69 Å². The number of nitrogens with one attached hydrogen (secondary N) is 1. The molecule has 2 heteroatoms. The van der Waals surface area contributed by atoms with Gasteiger partial charge in [0.1, 0.15) is 5.76 Å². The Labute approximate surface area is 134 Å². The molecule has 1 aromatic rings. The zero-order chi connectivity index (χ0) is 16.5. The highest BCUT2D eigenvalue weighted by Crippen LogP contribution is 2.27. The van der Waals surface area contributed by atoms with Crippen molar-refractivity contribution in [3.05, 3.63) is 71.7 Å². The molecular weight excluding hydrogens is 270 g/mol. The quantitative estimate of drug-likeness (QED) is 0.492. The van der Waals surface area contributed by atoms with Crippen molar-refractivity contribution in [2.75, 3.05) is 5.32 Å². The topological polar surface area (TPSA) is 32.3 Å². The molecule has 0 aliphatic carbocycles. The fourth-order valence-electron chi connectivity index (χ4n) is 2.25. The van der Waals surface area contributed by atoms with Gasteiger partial charge in [0.05, 0.1) is 0 Å². The third kappa shape index (κ3) is 4.96. The van der Waals surface area contributed by atoms with Gasteiger partial charge in [-0.25, -0.2) is 0 Å². The minimum Gasteiger partial charge on any atom is -0.507 e. The first kappa shape index (κ1) is 17.8. The maximum absolute atomic E-state index is 10.5. The predicted octanol–water partition coefficient (Wildman–Crippen LogP) is 6.08. The number of anilines is 1. The first-order chi connectivity index (χ1) is 10.5. The van der Waals surface area contributed by atoms with Crippen molar-refractivity contribution in [2.45, 2.75) is 34.6 Å². The molecule has 0 fully saturated rings. The molecule has 118 valence electrons. The normalized spacial score (nSPS) is 14.0. The van der Waals surface area contributed by atoms with Crippen LogP contribution in [0.5, 0.6) is 0 Å². The zero-order valence-corrected chi connectivity index (χ0v) is 14.2. The summed E-state index contributed by atoms with van der Waals surface area (Å²) in [7, 11) is 0. The van der Waals surface area contributed by atoms with Crippen LogP contribution in [0.3, 0.4) is 0 Å². The average Bonchev–Trinajstić information content (AvgIpc) is 2.51. The molecule has 2 nitrogen and oxygen atoms in total. The molecule has 0 aliphatic rings. The van der Waals surface area contributed by atoms with Gasteiger partial charge in [-0.3, -0.25) is 0 Å². The van der Waals surface area contributed by atoms with E-state index in [-0.39, 0.29) is 0 Å². The molecule has 0 radical (unpaired) electrons. The zero-order valence-electron chi connectivity index (χ0n) is 14.2. The molecule has 0 amide bonds. The van der Waals surface area contributed by atoms with Gasteiger partial charge in [-0.15, -0.1) is 0 Å². The second-order valence-corrected chi connectivity index (χ2v) is 5.48. The van der Waals surface area contributed by atoms with E-state index in [9.17, 15) is 5.11 Å². The number of rotatable bonds is 6. The molecule has 0 spiro atoms. The van der Waals surface area contributed by atoms with E-state index < -0.39 is 0 Å². The van der Waals surface area contributed by atoms with E-state index >= 15 is 0 Å². The number of aliphatic hydroxyl groups is 1. The molecule has 2 N–H and O–H groups in total. The first-order valence-electron chi connectivity index (χ1n) is 7.72. The Morgan fingerprint density at radius 1 is 1.18 bits per heavy atom. The van der Waals surface area contributed by atoms with E-state index in [1.807, 2.05) is 75.5 Å². The fraction of sp³-hybridized carbons (Fsp3) is 0.300. The van der Waals surface area contributed by atoms with E-state index in [2.05, 4.69) is 19.2 Å². The fourth-order valence-corrected chi connectivity index (χ4v) is 2.25. The molecule has 0 bridgehead atoms. The van der Waals surface area contributed by atoms with Gasteiger partial charge < -0.3 is 10.4 Å². The van der Waals surface area contributed by atoms with Gasteiger partial charge in [0.25, 0.3) is 0 Å². The van der Waals surface area contributed by atoms with Crippen LogP contribution in [0.25, 0.3) is 5.57 Å². The van der Waals surface area contributed by atoms with Crippen LogP contribution < -0.4 is 5.32 Å². The average molecular weight is 297 g/mol. The molecule has 0 saturated heterocycles. The summed E-state index contributed by atoms with van der Waals surface area (Å²) in [5.74, 6) is 0.670. The van der Waals surface area contributed by atoms with E-state index in [1.54, 1.807) is 0 Å². The molecule has 0 aromatic heterocycles. The smallest absolute Gasteiger partial charge is 0.122 e. The van der Waals surface area contributed by atoms with Gasteiger partial charge >= 0.3 is 0 Å². The SMILES string of the molecule is C/C=C\C=C/Nc1cccc(/C(C)=C(O)/C(=C\C)C(C)C)c1. The summed E-state index contributed by atoms with van der Waals surface area (Å²) < 4.78 is 0. The predicted molar refractivity (Wildman–Crippen MR) is 97.8 cm³/mol. The first-order valence-corrected chi connectivity index (χ1v) is 7.72. The summed E-state index contributed by atoms with van der Waals surface area (Å²) in [4.78, 5) is 0. The van der Waals surface area contributed by atoms with Gasteiger partial charge in [0, 0.05) is 11.9 Å². The van der Waals surface area contributed by atoms with Crippen molar-refractivity contribution in [3.63, 3.8) is 0 Å². The summed E-state index contributed by atoms with van der Waals surface area (Å²) in [6.45, 7) is 10.1. The van der Waals surface area contributed by atoms with Crippen LogP contribution in [0.15, 0.2) is 66.1 Å². The highest BCUT2D eigenvalue weighted by molar-refractivity contribution is 5.71. The Morgan fingerprint density at radius 3 is 2.50 bits per heavy atom. The maximum Gasteiger partial charge on any atom is 0.122 e. The number of hydrogen-bond donors (Lipinski definition) is 2. The van der Waals surface area contributed by atoms with Crippen molar-refractivity contribution in [1.29, 1.82) is 0 Å². The molecule has 0 unspecified atom stereocenters. The van der Waals surface area contributed by atoms with Gasteiger partial charge in [-0.1, -0.05) is 44.2 Å². The van der Waals surface area contributed by atoms with E-state index in [0.717, 1.165) is 22.4 Å². The Hall–Kier alpha value is -2.22. The molecule has 22 heavy (non-hydrogen) atoms. The van der Waals surface area contributed by atoms with Gasteiger partial charge in [0.15, 0.2) is 0 Å². The molecule has 0 aliphatic heterocycles.